The van der Waals surface area contributed by atoms with Crippen LogP contribution in [0.2, 0.25) is 0 Å². The molecular weight excluding hydrogens is 226 g/mol. The fourth-order valence-corrected chi connectivity index (χ4v) is 1.38. The summed E-state index contributed by atoms with van der Waals surface area (Å²) in [5.41, 5.74) is 0. The number of amides is 2. The second-order valence-corrected chi connectivity index (χ2v) is 3.40. The summed E-state index contributed by atoms with van der Waals surface area (Å²) in [7, 11) is 0. The van der Waals surface area contributed by atoms with Gasteiger partial charge in [0.15, 0.2) is 6.10 Å². The van der Waals surface area contributed by atoms with Crippen LogP contribution in [0.3, 0.4) is 0 Å². The second-order valence-electron chi connectivity index (χ2n) is 3.40. The summed E-state index contributed by atoms with van der Waals surface area (Å²) in [4.78, 5) is 24.1. The average molecular weight is 241 g/mol. The van der Waals surface area contributed by atoms with Crippen molar-refractivity contribution in [2.45, 2.75) is 13.0 Å². The maximum atomic E-state index is 11.6. The van der Waals surface area contributed by atoms with Crippen LogP contribution in [0.25, 0.3) is 0 Å². The predicted octanol–water partition coefficient (Wildman–Crippen LogP) is -0.517. The van der Waals surface area contributed by atoms with Gasteiger partial charge in [0.2, 0.25) is 0 Å². The molecule has 1 N–H and O–H groups in total. The molecule has 0 aromatic heterocycles. The number of hydrogen-bond acceptors (Lipinski definition) is 5. The number of carbonyl (C=O) groups excluding carboxylic acids is 2. The molecule has 7 nitrogen and oxygen atoms in total. The molecule has 1 rings (SSSR count). The second kappa shape index (κ2) is 6.70. The van der Waals surface area contributed by atoms with Crippen LogP contribution in [0.1, 0.15) is 6.92 Å². The van der Waals surface area contributed by atoms with Gasteiger partial charge in [0, 0.05) is 6.54 Å². The van der Waals surface area contributed by atoms with Gasteiger partial charge in [-0.3, -0.25) is 4.79 Å². The van der Waals surface area contributed by atoms with Gasteiger partial charge < -0.3 is 19.7 Å². The molecule has 2 amide bonds. The van der Waals surface area contributed by atoms with Crippen LogP contribution < -0.4 is 5.32 Å². The number of ether oxygens (including phenoxy) is 2. The van der Waals surface area contributed by atoms with Crippen LogP contribution in [0.5, 0.6) is 0 Å². The van der Waals surface area contributed by atoms with Crippen molar-refractivity contribution in [3.05, 3.63) is 0 Å². The topological polar surface area (TPSA) is 91.7 Å². The van der Waals surface area contributed by atoms with E-state index in [1.165, 1.54) is 4.90 Å². The lowest BCUT2D eigenvalue weighted by Crippen LogP contribution is -2.50. The molecule has 0 aliphatic carbocycles. The van der Waals surface area contributed by atoms with Crippen LogP contribution >= 0.6 is 0 Å². The van der Waals surface area contributed by atoms with E-state index >= 15 is 0 Å². The van der Waals surface area contributed by atoms with Gasteiger partial charge in [-0.25, -0.2) is 4.79 Å². The molecule has 1 atom stereocenters. The average Bonchev–Trinajstić information content (AvgIpc) is 2.36. The highest BCUT2D eigenvalue weighted by atomic mass is 16.5. The van der Waals surface area contributed by atoms with Crippen LogP contribution in [0.15, 0.2) is 0 Å². The first-order valence-electron chi connectivity index (χ1n) is 5.37. The summed E-state index contributed by atoms with van der Waals surface area (Å²) in [6.07, 6.45) is -0.600. The molecule has 0 aromatic carbocycles. The zero-order valence-electron chi connectivity index (χ0n) is 9.64. The molecule has 0 spiro atoms. The lowest BCUT2D eigenvalue weighted by Gasteiger charge is -2.29. The fourth-order valence-electron chi connectivity index (χ4n) is 1.38. The highest BCUT2D eigenvalue weighted by Gasteiger charge is 2.24. The quantitative estimate of drug-likeness (QED) is 0.671. The van der Waals surface area contributed by atoms with E-state index in [4.69, 9.17) is 10.00 Å². The van der Waals surface area contributed by atoms with Crippen molar-refractivity contribution in [1.82, 2.24) is 10.2 Å². The highest BCUT2D eigenvalue weighted by Crippen LogP contribution is 2.04. The molecule has 1 heterocycles. The first kappa shape index (κ1) is 13.3. The third-order valence-electron chi connectivity index (χ3n) is 2.19. The molecule has 0 saturated carbocycles. The van der Waals surface area contributed by atoms with Crippen molar-refractivity contribution in [2.24, 2.45) is 0 Å². The van der Waals surface area contributed by atoms with Crippen molar-refractivity contribution >= 4 is 12.0 Å². The Hall–Kier alpha value is -1.81. The zero-order valence-corrected chi connectivity index (χ0v) is 9.64. The number of urea groups is 1. The summed E-state index contributed by atoms with van der Waals surface area (Å²) in [6, 6.07) is 1.55. The third kappa shape index (κ3) is 4.28. The minimum atomic E-state index is -0.600. The van der Waals surface area contributed by atoms with E-state index in [9.17, 15) is 9.59 Å². The Labute approximate surface area is 99.3 Å². The first-order chi connectivity index (χ1) is 8.17. The predicted molar refractivity (Wildman–Crippen MR) is 57.0 cm³/mol. The molecule has 0 radical (unpaired) electrons. The number of hydrogen-bond donors (Lipinski definition) is 1. The fraction of sp³-hybridized carbons (Fsp3) is 0.700. The molecule has 94 valence electrons. The van der Waals surface area contributed by atoms with Gasteiger partial charge in [-0.05, 0) is 6.92 Å². The maximum Gasteiger partial charge on any atom is 0.325 e. The Kier molecular flexibility index (Phi) is 5.23. The SMILES string of the molecule is CCOC(=O)CNC(=O)N1CCOC(C#N)C1. The molecule has 1 saturated heterocycles. The van der Waals surface area contributed by atoms with Gasteiger partial charge in [0.05, 0.1) is 25.8 Å². The van der Waals surface area contributed by atoms with Crippen molar-refractivity contribution in [1.29, 1.82) is 5.26 Å². The van der Waals surface area contributed by atoms with Crippen LogP contribution in [-0.4, -0.2) is 55.9 Å². The lowest BCUT2D eigenvalue weighted by molar-refractivity contribution is -0.141. The third-order valence-corrected chi connectivity index (χ3v) is 2.19. The van der Waals surface area contributed by atoms with Gasteiger partial charge in [-0.15, -0.1) is 0 Å². The largest absolute Gasteiger partial charge is 0.465 e. The summed E-state index contributed by atoms with van der Waals surface area (Å²) >= 11 is 0. The molecule has 1 aliphatic heterocycles. The van der Waals surface area contributed by atoms with E-state index in [0.717, 1.165) is 0 Å². The summed E-state index contributed by atoms with van der Waals surface area (Å²) in [5, 5.41) is 11.1. The molecule has 1 aliphatic rings. The van der Waals surface area contributed by atoms with Gasteiger partial charge in [0.1, 0.15) is 6.54 Å². The minimum Gasteiger partial charge on any atom is -0.465 e. The monoisotopic (exact) mass is 241 g/mol. The van der Waals surface area contributed by atoms with E-state index in [1.807, 2.05) is 6.07 Å². The standard InChI is InChI=1S/C10H15N3O4/c1-2-16-9(14)6-12-10(15)13-3-4-17-8(5-11)7-13/h8H,2-4,6-7H2,1H3,(H,12,15). The lowest BCUT2D eigenvalue weighted by atomic mass is 10.3. The van der Waals surface area contributed by atoms with E-state index in [2.05, 4.69) is 10.1 Å². The summed E-state index contributed by atoms with van der Waals surface area (Å²) in [5.74, 6) is -0.481. The van der Waals surface area contributed by atoms with Crippen LogP contribution in [-0.2, 0) is 14.3 Å². The Morgan fingerprint density at radius 2 is 2.41 bits per heavy atom. The van der Waals surface area contributed by atoms with Gasteiger partial charge in [0.25, 0.3) is 0 Å². The molecule has 1 unspecified atom stereocenters. The number of nitrogens with zero attached hydrogens (tertiary/aromatic N) is 2. The number of rotatable bonds is 3. The molecule has 17 heavy (non-hydrogen) atoms. The van der Waals surface area contributed by atoms with Crippen molar-refractivity contribution in [3.63, 3.8) is 0 Å². The molecule has 1 fully saturated rings. The van der Waals surface area contributed by atoms with Crippen LogP contribution in [0, 0.1) is 11.3 Å². The van der Waals surface area contributed by atoms with E-state index in [0.29, 0.717) is 13.2 Å². The van der Waals surface area contributed by atoms with Crippen LogP contribution in [0.4, 0.5) is 4.79 Å². The molecule has 0 aromatic rings. The van der Waals surface area contributed by atoms with Crippen molar-refractivity contribution < 1.29 is 19.1 Å². The Morgan fingerprint density at radius 1 is 1.65 bits per heavy atom. The minimum absolute atomic E-state index is 0.165. The van der Waals surface area contributed by atoms with Crippen molar-refractivity contribution in [2.75, 3.05) is 32.8 Å². The zero-order chi connectivity index (χ0) is 12.7. The maximum absolute atomic E-state index is 11.6. The van der Waals surface area contributed by atoms with E-state index in [-0.39, 0.29) is 25.7 Å². The normalized spacial score (nSPS) is 19.3. The molecular formula is C10H15N3O4. The van der Waals surface area contributed by atoms with Gasteiger partial charge in [-0.1, -0.05) is 0 Å². The Morgan fingerprint density at radius 3 is 3.06 bits per heavy atom. The van der Waals surface area contributed by atoms with E-state index < -0.39 is 12.1 Å². The molecule has 7 heteroatoms. The number of morpholine rings is 1. The summed E-state index contributed by atoms with van der Waals surface area (Å²) < 4.78 is 9.77. The van der Waals surface area contributed by atoms with Gasteiger partial charge in [-0.2, -0.15) is 5.26 Å². The van der Waals surface area contributed by atoms with Gasteiger partial charge >= 0.3 is 12.0 Å². The number of nitriles is 1. The number of esters is 1. The number of nitrogens with one attached hydrogen (secondary N) is 1. The Balaban J connectivity index is 2.32. The van der Waals surface area contributed by atoms with E-state index in [1.54, 1.807) is 6.92 Å². The number of carbonyl (C=O) groups is 2. The molecule has 0 bridgehead atoms. The Bertz CT molecular complexity index is 326. The summed E-state index contributed by atoms with van der Waals surface area (Å²) in [6.45, 7) is 2.76. The highest BCUT2D eigenvalue weighted by molar-refractivity contribution is 5.80. The first-order valence-corrected chi connectivity index (χ1v) is 5.37. The smallest absolute Gasteiger partial charge is 0.325 e. The van der Waals surface area contributed by atoms with Crippen molar-refractivity contribution in [3.8, 4) is 6.07 Å².